The van der Waals surface area contributed by atoms with Gasteiger partial charge in [-0.15, -0.1) is 0 Å². The number of methoxy groups -OCH3 is 1. The van der Waals surface area contributed by atoms with Crippen LogP contribution in [0.15, 0.2) is 35.1 Å². The molecule has 0 unspecified atom stereocenters. The van der Waals surface area contributed by atoms with Gasteiger partial charge in [0.15, 0.2) is 5.75 Å². The molecule has 1 aromatic rings. The normalized spacial score (nSPS) is 11.2. The quantitative estimate of drug-likeness (QED) is 0.716. The highest BCUT2D eigenvalue weighted by molar-refractivity contribution is 5.68. The zero-order valence-corrected chi connectivity index (χ0v) is 8.70. The van der Waals surface area contributed by atoms with Gasteiger partial charge in [-0.25, -0.2) is 0 Å². The van der Waals surface area contributed by atoms with E-state index in [4.69, 9.17) is 4.74 Å². The van der Waals surface area contributed by atoms with Crippen molar-refractivity contribution in [1.82, 2.24) is 0 Å². The molecule has 0 atom stereocenters. The number of hydrogen-bond donors (Lipinski definition) is 0. The summed E-state index contributed by atoms with van der Waals surface area (Å²) in [7, 11) is 1.52. The van der Waals surface area contributed by atoms with Crippen LogP contribution in [0.4, 0.5) is 0 Å². The van der Waals surface area contributed by atoms with E-state index in [0.29, 0.717) is 5.75 Å². The molecule has 0 radical (unpaired) electrons. The zero-order valence-electron chi connectivity index (χ0n) is 8.70. The van der Waals surface area contributed by atoms with Gasteiger partial charge in [-0.1, -0.05) is 24.3 Å². The summed E-state index contributed by atoms with van der Waals surface area (Å²) in [6.07, 6.45) is 1.96. The van der Waals surface area contributed by atoms with Gasteiger partial charge < -0.3 is 4.74 Å². The first kappa shape index (κ1) is 10.5. The predicted molar refractivity (Wildman–Crippen MR) is 58.6 cm³/mol. The first-order valence-corrected chi connectivity index (χ1v) is 4.51. The Morgan fingerprint density at radius 1 is 1.36 bits per heavy atom. The fourth-order valence-corrected chi connectivity index (χ4v) is 1.26. The molecule has 0 saturated carbocycles. The minimum absolute atomic E-state index is 0.0892. The summed E-state index contributed by atoms with van der Waals surface area (Å²) in [5, 5.41) is 0. The van der Waals surface area contributed by atoms with Crippen molar-refractivity contribution in [2.24, 2.45) is 0 Å². The topological polar surface area (TPSA) is 26.3 Å². The molecule has 0 aliphatic rings. The fraction of sp³-hybridized carbons (Fsp3) is 0.250. The summed E-state index contributed by atoms with van der Waals surface area (Å²) >= 11 is 0. The molecular weight excluding hydrogens is 176 g/mol. The van der Waals surface area contributed by atoms with Gasteiger partial charge in [-0.2, -0.15) is 0 Å². The molecule has 14 heavy (non-hydrogen) atoms. The Labute approximate surface area is 83.9 Å². The lowest BCUT2D eigenvalue weighted by Crippen LogP contribution is -2.02. The highest BCUT2D eigenvalue weighted by atomic mass is 16.5. The van der Waals surface area contributed by atoms with Crippen molar-refractivity contribution in [2.75, 3.05) is 7.11 Å². The summed E-state index contributed by atoms with van der Waals surface area (Å²) in [6.45, 7) is 3.89. The molecule has 1 aromatic carbocycles. The Morgan fingerprint density at radius 2 is 2.00 bits per heavy atom. The average molecular weight is 190 g/mol. The van der Waals surface area contributed by atoms with E-state index in [-0.39, 0.29) is 5.43 Å². The smallest absolute Gasteiger partial charge is 0.220 e. The molecule has 0 N–H and O–H groups in total. The Balaban J connectivity index is 3.52. The van der Waals surface area contributed by atoms with Crippen molar-refractivity contribution in [3.05, 3.63) is 46.1 Å². The zero-order chi connectivity index (χ0) is 10.6. The van der Waals surface area contributed by atoms with Crippen LogP contribution in [0.2, 0.25) is 0 Å². The lowest BCUT2D eigenvalue weighted by Gasteiger charge is -2.03. The predicted octanol–water partition coefficient (Wildman–Crippen LogP) is 2.48. The van der Waals surface area contributed by atoms with Crippen LogP contribution in [-0.4, -0.2) is 7.11 Å². The molecule has 0 aromatic heterocycles. The van der Waals surface area contributed by atoms with E-state index < -0.39 is 0 Å². The van der Waals surface area contributed by atoms with Gasteiger partial charge in [0, 0.05) is 5.56 Å². The van der Waals surface area contributed by atoms with E-state index in [1.165, 1.54) is 13.2 Å². The van der Waals surface area contributed by atoms with Gasteiger partial charge in [-0.3, -0.25) is 4.79 Å². The van der Waals surface area contributed by atoms with E-state index in [2.05, 4.69) is 0 Å². The molecule has 0 aliphatic carbocycles. The summed E-state index contributed by atoms with van der Waals surface area (Å²) in [6, 6.07) is 6.95. The maximum absolute atomic E-state index is 11.5. The van der Waals surface area contributed by atoms with Crippen LogP contribution >= 0.6 is 0 Å². The maximum Gasteiger partial charge on any atom is 0.220 e. The minimum Gasteiger partial charge on any atom is -0.492 e. The summed E-state index contributed by atoms with van der Waals surface area (Å²) in [4.78, 5) is 11.5. The van der Waals surface area contributed by atoms with Crippen molar-refractivity contribution in [2.45, 2.75) is 13.8 Å². The Bertz CT molecular complexity index is 405. The van der Waals surface area contributed by atoms with E-state index in [0.717, 1.165) is 11.1 Å². The molecule has 0 heterocycles. The monoisotopic (exact) mass is 190 g/mol. The SMILES string of the molecule is C/C=C(\C)c1ccccc(=O)c1OC. The van der Waals surface area contributed by atoms with Crippen molar-refractivity contribution in [3.63, 3.8) is 0 Å². The average Bonchev–Trinajstić information content (AvgIpc) is 2.38. The number of ether oxygens (including phenoxy) is 1. The summed E-state index contributed by atoms with van der Waals surface area (Å²) in [5.41, 5.74) is 1.80. The second-order valence-corrected chi connectivity index (χ2v) is 3.00. The lowest BCUT2D eigenvalue weighted by molar-refractivity contribution is 0.410. The highest BCUT2D eigenvalue weighted by Gasteiger charge is 2.05. The van der Waals surface area contributed by atoms with E-state index in [9.17, 15) is 4.79 Å². The molecule has 2 nitrogen and oxygen atoms in total. The fourth-order valence-electron chi connectivity index (χ4n) is 1.26. The van der Waals surface area contributed by atoms with Crippen LogP contribution in [0.5, 0.6) is 5.75 Å². The van der Waals surface area contributed by atoms with Crippen LogP contribution in [0.3, 0.4) is 0 Å². The van der Waals surface area contributed by atoms with E-state index >= 15 is 0 Å². The second kappa shape index (κ2) is 4.61. The number of hydrogen-bond acceptors (Lipinski definition) is 2. The molecule has 0 spiro atoms. The van der Waals surface area contributed by atoms with Crippen molar-refractivity contribution in [1.29, 1.82) is 0 Å². The second-order valence-electron chi connectivity index (χ2n) is 3.00. The largest absolute Gasteiger partial charge is 0.492 e. The van der Waals surface area contributed by atoms with Crippen molar-refractivity contribution in [3.8, 4) is 5.75 Å². The van der Waals surface area contributed by atoms with Crippen molar-refractivity contribution < 1.29 is 4.74 Å². The third-order valence-corrected chi connectivity index (χ3v) is 2.15. The lowest BCUT2D eigenvalue weighted by atomic mass is 10.1. The molecule has 2 heteroatoms. The van der Waals surface area contributed by atoms with Crippen LogP contribution in [-0.2, 0) is 0 Å². The maximum atomic E-state index is 11.5. The van der Waals surface area contributed by atoms with Crippen molar-refractivity contribution >= 4 is 5.57 Å². The number of rotatable bonds is 2. The third-order valence-electron chi connectivity index (χ3n) is 2.15. The third kappa shape index (κ3) is 2.02. The van der Waals surface area contributed by atoms with Crippen LogP contribution < -0.4 is 10.2 Å². The van der Waals surface area contributed by atoms with Crippen LogP contribution in [0.25, 0.3) is 5.57 Å². The van der Waals surface area contributed by atoms with E-state index in [1.54, 1.807) is 6.07 Å². The van der Waals surface area contributed by atoms with E-state index in [1.807, 2.05) is 32.1 Å². The standard InChI is InChI=1S/C12H14O2/c1-4-9(2)10-7-5-6-8-11(13)12(10)14-3/h4-8H,1-3H3/b9-4+. The van der Waals surface area contributed by atoms with Crippen LogP contribution in [0, 0.1) is 0 Å². The van der Waals surface area contributed by atoms with Crippen LogP contribution in [0.1, 0.15) is 19.4 Å². The summed E-state index contributed by atoms with van der Waals surface area (Å²) < 4.78 is 5.11. The summed E-state index contributed by atoms with van der Waals surface area (Å²) in [5.74, 6) is 0.408. The minimum atomic E-state index is -0.0892. The van der Waals surface area contributed by atoms with Gasteiger partial charge >= 0.3 is 0 Å². The Morgan fingerprint density at radius 3 is 2.57 bits per heavy atom. The molecule has 0 bridgehead atoms. The molecule has 74 valence electrons. The van der Waals surface area contributed by atoms with Gasteiger partial charge in [0.25, 0.3) is 0 Å². The first-order valence-electron chi connectivity index (χ1n) is 4.51. The van der Waals surface area contributed by atoms with Gasteiger partial charge in [-0.05, 0) is 25.5 Å². The Hall–Kier alpha value is -1.57. The molecule has 0 aliphatic heterocycles. The van der Waals surface area contributed by atoms with Gasteiger partial charge in [0.1, 0.15) is 0 Å². The van der Waals surface area contributed by atoms with Gasteiger partial charge in [0.2, 0.25) is 5.43 Å². The van der Waals surface area contributed by atoms with Gasteiger partial charge in [0.05, 0.1) is 7.11 Å². The molecule has 0 fully saturated rings. The first-order chi connectivity index (χ1) is 6.70. The number of allylic oxidation sites excluding steroid dienone is 2. The molecule has 1 rings (SSSR count). The Kier molecular flexibility index (Phi) is 3.46. The molecule has 0 amide bonds. The highest BCUT2D eigenvalue weighted by Crippen LogP contribution is 2.20. The molecular formula is C12H14O2. The molecule has 0 saturated heterocycles.